The fourth-order valence-corrected chi connectivity index (χ4v) is 0.629. The van der Waals surface area contributed by atoms with Crippen LogP contribution < -0.4 is 0 Å². The topological polar surface area (TPSA) is 41.9 Å². The van der Waals surface area contributed by atoms with Gasteiger partial charge < -0.3 is 4.74 Å². The summed E-state index contributed by atoms with van der Waals surface area (Å²) in [6.45, 7) is 2.78. The zero-order valence-electron chi connectivity index (χ0n) is 5.20. The predicted octanol–water partition coefficient (Wildman–Crippen LogP) is 0.444. The maximum absolute atomic E-state index is 10.6. The zero-order chi connectivity index (χ0) is 6.69. The van der Waals surface area contributed by atoms with Crippen molar-refractivity contribution in [2.75, 3.05) is 13.2 Å². The van der Waals surface area contributed by atoms with Gasteiger partial charge in [0.05, 0.1) is 6.54 Å². The average molecular weight is 128 g/mol. The van der Waals surface area contributed by atoms with Crippen LogP contribution in [0.1, 0.15) is 6.92 Å². The Balaban J connectivity index is 2.49. The number of ether oxygens (including phenoxy) is 1. The fourth-order valence-electron chi connectivity index (χ4n) is 0.629. The molecule has 1 aliphatic rings. The van der Waals surface area contributed by atoms with Gasteiger partial charge in [-0.15, -0.1) is 0 Å². The van der Waals surface area contributed by atoms with Gasteiger partial charge in [-0.25, -0.2) is 4.79 Å². The molecule has 0 spiro atoms. The third kappa shape index (κ3) is 1.19. The van der Waals surface area contributed by atoms with Crippen LogP contribution in [0.15, 0.2) is 5.10 Å². The molecule has 0 aromatic carbocycles. The molecule has 1 rings (SSSR count). The monoisotopic (exact) mass is 128 g/mol. The molecular weight excluding hydrogens is 120 g/mol. The summed E-state index contributed by atoms with van der Waals surface area (Å²) < 4.78 is 4.59. The lowest BCUT2D eigenvalue weighted by atomic mass is 10.7. The van der Waals surface area contributed by atoms with E-state index in [9.17, 15) is 4.79 Å². The largest absolute Gasteiger partial charge is 0.446 e. The first kappa shape index (κ1) is 6.07. The Hall–Kier alpha value is -1.06. The third-order valence-electron chi connectivity index (χ3n) is 0.994. The molecule has 0 unspecified atom stereocenters. The number of cyclic esters (lactones) is 1. The molecule has 0 aromatic heterocycles. The molecule has 0 bridgehead atoms. The number of hydrazone groups is 1. The number of rotatable bonds is 1. The third-order valence-corrected chi connectivity index (χ3v) is 0.994. The molecule has 1 fully saturated rings. The van der Waals surface area contributed by atoms with Crippen molar-refractivity contribution in [3.63, 3.8) is 0 Å². The minimum Gasteiger partial charge on any atom is -0.446 e. The second-order valence-corrected chi connectivity index (χ2v) is 1.61. The first-order valence-electron chi connectivity index (χ1n) is 2.77. The van der Waals surface area contributed by atoms with E-state index < -0.39 is 0 Å². The summed E-state index contributed by atoms with van der Waals surface area (Å²) in [7, 11) is 0. The van der Waals surface area contributed by atoms with Gasteiger partial charge in [0, 0.05) is 6.21 Å². The molecule has 0 N–H and O–H groups in total. The first-order valence-corrected chi connectivity index (χ1v) is 2.77. The molecule has 0 aromatic rings. The van der Waals surface area contributed by atoms with Crippen LogP contribution in [0.5, 0.6) is 0 Å². The van der Waals surface area contributed by atoms with Crippen LogP contribution in [0.4, 0.5) is 4.79 Å². The molecule has 4 nitrogen and oxygen atoms in total. The molecule has 9 heavy (non-hydrogen) atoms. The maximum Gasteiger partial charge on any atom is 0.430 e. The van der Waals surface area contributed by atoms with Crippen molar-refractivity contribution < 1.29 is 9.53 Å². The second kappa shape index (κ2) is 2.48. The highest BCUT2D eigenvalue weighted by Gasteiger charge is 2.19. The minimum absolute atomic E-state index is 0.354. The van der Waals surface area contributed by atoms with Gasteiger partial charge in [-0.05, 0) is 6.92 Å². The van der Waals surface area contributed by atoms with E-state index in [4.69, 9.17) is 0 Å². The number of nitrogens with zero attached hydrogens (tertiary/aromatic N) is 2. The van der Waals surface area contributed by atoms with Crippen LogP contribution in [0.2, 0.25) is 0 Å². The molecular formula is C5H8N2O2. The molecule has 1 heterocycles. The predicted molar refractivity (Wildman–Crippen MR) is 32.2 cm³/mol. The lowest BCUT2D eigenvalue weighted by Crippen LogP contribution is -2.16. The van der Waals surface area contributed by atoms with Crippen LogP contribution in [-0.2, 0) is 4.74 Å². The number of carbonyl (C=O) groups is 1. The van der Waals surface area contributed by atoms with Crippen molar-refractivity contribution in [1.29, 1.82) is 0 Å². The Morgan fingerprint density at radius 2 is 2.67 bits per heavy atom. The lowest BCUT2D eigenvalue weighted by Gasteiger charge is -2.01. The van der Waals surface area contributed by atoms with Gasteiger partial charge in [0.25, 0.3) is 0 Å². The summed E-state index contributed by atoms with van der Waals surface area (Å²) in [4.78, 5) is 10.6. The van der Waals surface area contributed by atoms with Crippen LogP contribution in [0.3, 0.4) is 0 Å². The summed E-state index contributed by atoms with van der Waals surface area (Å²) in [5.74, 6) is 0. The highest BCUT2D eigenvalue weighted by Crippen LogP contribution is 2.01. The minimum atomic E-state index is -0.354. The van der Waals surface area contributed by atoms with E-state index in [2.05, 4.69) is 9.84 Å². The van der Waals surface area contributed by atoms with Gasteiger partial charge in [-0.3, -0.25) is 0 Å². The standard InChI is InChI=1S/C5H8N2O2/c1-2-6-7-3-4-9-5(7)8/h2H,3-4H2,1H3/b6-2+. The van der Waals surface area contributed by atoms with Crippen LogP contribution in [-0.4, -0.2) is 30.5 Å². The Kier molecular flexibility index (Phi) is 1.67. The molecule has 1 saturated heterocycles. The van der Waals surface area contributed by atoms with E-state index in [-0.39, 0.29) is 6.09 Å². The molecule has 1 amide bonds. The normalized spacial score (nSPS) is 19.2. The van der Waals surface area contributed by atoms with Gasteiger partial charge in [0.15, 0.2) is 0 Å². The van der Waals surface area contributed by atoms with Crippen molar-refractivity contribution >= 4 is 12.3 Å². The summed E-state index contributed by atoms with van der Waals surface area (Å²) in [5.41, 5.74) is 0. The molecule has 0 aliphatic carbocycles. The van der Waals surface area contributed by atoms with Gasteiger partial charge in [0.2, 0.25) is 0 Å². The van der Waals surface area contributed by atoms with Crippen LogP contribution in [0.25, 0.3) is 0 Å². The van der Waals surface area contributed by atoms with Gasteiger partial charge >= 0.3 is 6.09 Å². The van der Waals surface area contributed by atoms with Gasteiger partial charge in [-0.2, -0.15) is 10.1 Å². The first-order chi connectivity index (χ1) is 4.34. The van der Waals surface area contributed by atoms with Crippen LogP contribution in [0, 0.1) is 0 Å². The Morgan fingerprint density at radius 3 is 3.11 bits per heavy atom. The van der Waals surface area contributed by atoms with Crippen LogP contribution >= 0.6 is 0 Å². The van der Waals surface area contributed by atoms with E-state index in [1.807, 2.05) is 0 Å². The number of amides is 1. The summed E-state index contributed by atoms with van der Waals surface area (Å²) in [6, 6.07) is 0. The second-order valence-electron chi connectivity index (χ2n) is 1.61. The zero-order valence-corrected chi connectivity index (χ0v) is 5.20. The quantitative estimate of drug-likeness (QED) is 0.481. The van der Waals surface area contributed by atoms with E-state index >= 15 is 0 Å². The van der Waals surface area contributed by atoms with Crippen molar-refractivity contribution in [1.82, 2.24) is 5.01 Å². The van der Waals surface area contributed by atoms with E-state index in [1.54, 1.807) is 13.1 Å². The molecule has 0 atom stereocenters. The van der Waals surface area contributed by atoms with Gasteiger partial charge in [-0.1, -0.05) is 0 Å². The molecule has 0 saturated carbocycles. The summed E-state index contributed by atoms with van der Waals surface area (Å²) >= 11 is 0. The summed E-state index contributed by atoms with van der Waals surface area (Å²) in [5, 5.41) is 5.03. The molecule has 4 heteroatoms. The van der Waals surface area contributed by atoms with Crippen molar-refractivity contribution in [2.45, 2.75) is 6.92 Å². The molecule has 1 aliphatic heterocycles. The highest BCUT2D eigenvalue weighted by molar-refractivity contribution is 5.70. The number of hydrogen-bond acceptors (Lipinski definition) is 3. The van der Waals surface area contributed by atoms with Crippen molar-refractivity contribution in [2.24, 2.45) is 5.10 Å². The number of carbonyl (C=O) groups excluding carboxylic acids is 1. The van der Waals surface area contributed by atoms with E-state index in [0.717, 1.165) is 0 Å². The summed E-state index contributed by atoms with van der Waals surface area (Å²) in [6.07, 6.45) is 1.21. The average Bonchev–Trinajstić information content (AvgIpc) is 2.18. The Labute approximate surface area is 53.1 Å². The van der Waals surface area contributed by atoms with Crippen molar-refractivity contribution in [3.8, 4) is 0 Å². The van der Waals surface area contributed by atoms with E-state index in [0.29, 0.717) is 13.2 Å². The SMILES string of the molecule is C/C=N/N1CCOC1=O. The smallest absolute Gasteiger partial charge is 0.430 e. The van der Waals surface area contributed by atoms with Crippen molar-refractivity contribution in [3.05, 3.63) is 0 Å². The maximum atomic E-state index is 10.6. The lowest BCUT2D eigenvalue weighted by molar-refractivity contribution is 0.159. The molecule has 0 radical (unpaired) electrons. The number of hydrogen-bond donors (Lipinski definition) is 0. The Bertz CT molecular complexity index is 144. The highest BCUT2D eigenvalue weighted by atomic mass is 16.6. The van der Waals surface area contributed by atoms with E-state index in [1.165, 1.54) is 5.01 Å². The Morgan fingerprint density at radius 1 is 1.89 bits per heavy atom. The van der Waals surface area contributed by atoms with Gasteiger partial charge in [0.1, 0.15) is 6.61 Å². The fraction of sp³-hybridized carbons (Fsp3) is 0.600. The molecule has 50 valence electrons.